The van der Waals surface area contributed by atoms with E-state index in [4.69, 9.17) is 0 Å². The van der Waals surface area contributed by atoms with Gasteiger partial charge in [0.2, 0.25) is 0 Å². The first-order chi connectivity index (χ1) is 50.5. The second kappa shape index (κ2) is 29.5. The smallest absolute Gasteiger partial charge is 0.0540 e. The van der Waals surface area contributed by atoms with Crippen LogP contribution in [0, 0.1) is 0 Å². The second-order valence-corrected chi connectivity index (χ2v) is 28.3. The number of unbranched alkanes of at least 4 members (excludes halogenated alkanes) is 8. The average molecular weight is 1320 g/mol. The summed E-state index contributed by atoms with van der Waals surface area (Å²) in [5.41, 5.74) is 27.3. The second-order valence-electron chi connectivity index (χ2n) is 28.3. The molecule has 0 amide bonds. The van der Waals surface area contributed by atoms with Crippen LogP contribution in [-0.4, -0.2) is 0 Å². The van der Waals surface area contributed by atoms with Crippen LogP contribution in [0.25, 0.3) is 67.1 Å². The van der Waals surface area contributed by atoms with E-state index in [9.17, 15) is 0 Å². The van der Waals surface area contributed by atoms with Crippen molar-refractivity contribution in [2.75, 3.05) is 9.80 Å². The maximum Gasteiger partial charge on any atom is 0.0540 e. The Kier molecular flexibility index (Phi) is 18.9. The van der Waals surface area contributed by atoms with Crippen LogP contribution < -0.4 is 9.80 Å². The molecule has 14 aromatic rings. The average Bonchev–Trinajstić information content (AvgIpc) is 1.55. The Morgan fingerprint density at radius 2 is 0.608 bits per heavy atom. The standard InChI is InChI=1S/C100H88N2/c1-3-73-49-53-75(54-50-73)31-13-7-5-9-27-69-99(81-37-15-11-16-38-81)93-45-25-23-43-89(93)91-67-65-85(71-95(91)99)101(97-47-29-35-79-33-19-21-41-87(79)97)83-61-57-77(58-62-83)78-59-63-84(64-60-78)102(98-48-30-36-80-34-20-22-42-88(80)98)86-66-68-92-90-44-24-26-46-94(90)100(96(92)72-86,82-39-17-12-18-40-82)70-28-10-6-8-14-32-76-55-51-74(4-2)52-56-76/h3-4,11-12,15-26,29-30,33-68,71-72H,1-2,5-10,13-14,27-28,31-32,69-70H2/t99-,100?/m0/s1. The molecule has 498 valence electrons. The van der Waals surface area contributed by atoms with E-state index in [2.05, 4.69) is 351 Å². The van der Waals surface area contributed by atoms with Crippen LogP contribution in [0.5, 0.6) is 0 Å². The predicted molar refractivity (Wildman–Crippen MR) is 436 cm³/mol. The van der Waals surface area contributed by atoms with Gasteiger partial charge in [-0.05, 0) is 199 Å². The first-order valence-electron chi connectivity index (χ1n) is 37.3. The molecule has 0 fully saturated rings. The van der Waals surface area contributed by atoms with E-state index in [1.54, 1.807) is 0 Å². The van der Waals surface area contributed by atoms with E-state index < -0.39 is 0 Å². The van der Waals surface area contributed by atoms with Crippen LogP contribution in [0.2, 0.25) is 0 Å². The first kappa shape index (κ1) is 65.3. The fraction of sp³-hybridized carbons (Fsp3) is 0.160. The summed E-state index contributed by atoms with van der Waals surface area (Å²) in [6.45, 7) is 7.89. The predicted octanol–water partition coefficient (Wildman–Crippen LogP) is 27.7. The van der Waals surface area contributed by atoms with Gasteiger partial charge in [-0.25, -0.2) is 0 Å². The van der Waals surface area contributed by atoms with E-state index >= 15 is 0 Å². The molecule has 102 heavy (non-hydrogen) atoms. The van der Waals surface area contributed by atoms with Gasteiger partial charge in [-0.1, -0.05) is 344 Å². The van der Waals surface area contributed by atoms with Gasteiger partial charge < -0.3 is 9.80 Å². The zero-order chi connectivity index (χ0) is 68.7. The molecule has 0 N–H and O–H groups in total. The number of hydrogen-bond donors (Lipinski definition) is 0. The lowest BCUT2D eigenvalue weighted by atomic mass is 9.69. The maximum absolute atomic E-state index is 3.95. The molecular formula is C100H88N2. The minimum Gasteiger partial charge on any atom is -0.310 e. The highest BCUT2D eigenvalue weighted by Gasteiger charge is 2.46. The van der Waals surface area contributed by atoms with Gasteiger partial charge in [-0.2, -0.15) is 0 Å². The van der Waals surface area contributed by atoms with E-state index in [0.717, 1.165) is 83.8 Å². The first-order valence-corrected chi connectivity index (χ1v) is 37.3. The largest absolute Gasteiger partial charge is 0.310 e. The van der Waals surface area contributed by atoms with Crippen LogP contribution >= 0.6 is 0 Å². The van der Waals surface area contributed by atoms with E-state index in [0.29, 0.717) is 0 Å². The Morgan fingerprint density at radius 3 is 1.03 bits per heavy atom. The topological polar surface area (TPSA) is 6.48 Å². The highest BCUT2D eigenvalue weighted by Crippen LogP contribution is 2.59. The Labute approximate surface area is 604 Å². The Hall–Kier alpha value is -11.3. The summed E-state index contributed by atoms with van der Waals surface area (Å²) in [5.74, 6) is 0. The number of hydrogen-bond acceptors (Lipinski definition) is 2. The zero-order valence-electron chi connectivity index (χ0n) is 58.5. The molecular weight excluding hydrogens is 1230 g/mol. The Balaban J connectivity index is 0.724. The van der Waals surface area contributed by atoms with Gasteiger partial charge >= 0.3 is 0 Å². The van der Waals surface area contributed by atoms with Crippen molar-refractivity contribution < 1.29 is 0 Å². The normalized spacial score (nSPS) is 14.8. The molecule has 0 radical (unpaired) electrons. The van der Waals surface area contributed by atoms with Crippen molar-refractivity contribution >= 4 is 67.8 Å². The molecule has 2 nitrogen and oxygen atoms in total. The van der Waals surface area contributed by atoms with Crippen LogP contribution in [-0.2, 0) is 23.7 Å². The summed E-state index contributed by atoms with van der Waals surface area (Å²) in [4.78, 5) is 5.02. The molecule has 0 aliphatic heterocycles. The van der Waals surface area contributed by atoms with Crippen molar-refractivity contribution in [1.82, 2.24) is 0 Å². The third-order valence-corrected chi connectivity index (χ3v) is 22.4. The van der Waals surface area contributed by atoms with Crippen LogP contribution in [0.1, 0.15) is 133 Å². The van der Waals surface area contributed by atoms with Gasteiger partial charge in [-0.15, -0.1) is 0 Å². The fourth-order valence-corrected chi connectivity index (χ4v) is 17.3. The van der Waals surface area contributed by atoms with Gasteiger partial charge in [-0.3, -0.25) is 0 Å². The van der Waals surface area contributed by atoms with Crippen molar-refractivity contribution in [3.05, 3.63) is 396 Å². The van der Waals surface area contributed by atoms with Crippen LogP contribution in [0.15, 0.2) is 341 Å². The van der Waals surface area contributed by atoms with Crippen molar-refractivity contribution in [2.24, 2.45) is 0 Å². The van der Waals surface area contributed by atoms with E-state index in [1.807, 2.05) is 12.2 Å². The molecule has 0 heterocycles. The molecule has 16 rings (SSSR count). The number of anilines is 6. The lowest BCUT2D eigenvalue weighted by molar-refractivity contribution is 0.507. The summed E-state index contributed by atoms with van der Waals surface area (Å²) in [7, 11) is 0. The number of rotatable bonds is 27. The highest BCUT2D eigenvalue weighted by atomic mass is 15.1. The molecule has 0 spiro atoms. The third-order valence-electron chi connectivity index (χ3n) is 22.4. The van der Waals surface area contributed by atoms with Crippen molar-refractivity contribution in [2.45, 2.75) is 101 Å². The maximum atomic E-state index is 3.95. The van der Waals surface area contributed by atoms with Gasteiger partial charge in [0.25, 0.3) is 0 Å². The molecule has 2 atom stereocenters. The molecule has 0 aromatic heterocycles. The summed E-state index contributed by atoms with van der Waals surface area (Å²) in [6.07, 6.45) is 20.1. The number of benzene rings is 14. The summed E-state index contributed by atoms with van der Waals surface area (Å²) >= 11 is 0. The quantitative estimate of drug-likeness (QED) is 0.0474. The Morgan fingerprint density at radius 1 is 0.265 bits per heavy atom. The van der Waals surface area contributed by atoms with Gasteiger partial charge in [0, 0.05) is 44.4 Å². The highest BCUT2D eigenvalue weighted by molar-refractivity contribution is 6.01. The molecule has 0 saturated carbocycles. The van der Waals surface area contributed by atoms with Crippen molar-refractivity contribution in [3.63, 3.8) is 0 Å². The van der Waals surface area contributed by atoms with Gasteiger partial charge in [0.05, 0.1) is 11.4 Å². The third kappa shape index (κ3) is 12.6. The summed E-state index contributed by atoms with van der Waals surface area (Å²) in [6, 6.07) is 124. The lowest BCUT2D eigenvalue weighted by Crippen LogP contribution is -2.27. The molecule has 14 aromatic carbocycles. The SMILES string of the molecule is C=Cc1ccc(CCCCCCCC2(c3ccccc3)c3ccccc3-c3ccc(N(c4ccc(-c5ccc(N(c6ccc7c(c6)[C@@](CCCCCCCc6ccc(C=C)cc6)(c6ccccc6)c6ccccc6-7)c6cccc7ccccc67)cc5)cc4)c4cccc5ccccc45)cc32)cc1. The fourth-order valence-electron chi connectivity index (χ4n) is 17.3. The molecule has 0 bridgehead atoms. The summed E-state index contributed by atoms with van der Waals surface area (Å²) < 4.78 is 0. The molecule has 0 saturated heterocycles. The lowest BCUT2D eigenvalue weighted by Gasteiger charge is -2.34. The molecule has 2 heteroatoms. The summed E-state index contributed by atoms with van der Waals surface area (Å²) in [5, 5.41) is 4.86. The van der Waals surface area contributed by atoms with E-state index in [-0.39, 0.29) is 10.8 Å². The molecule has 1 unspecified atom stereocenters. The molecule has 2 aliphatic rings. The zero-order valence-corrected chi connectivity index (χ0v) is 58.5. The monoisotopic (exact) mass is 1320 g/mol. The van der Waals surface area contributed by atoms with Crippen molar-refractivity contribution in [3.8, 4) is 33.4 Å². The van der Waals surface area contributed by atoms with Crippen molar-refractivity contribution in [1.29, 1.82) is 0 Å². The number of aryl methyl sites for hydroxylation is 2. The number of nitrogens with zero attached hydrogens (tertiary/aromatic N) is 2. The van der Waals surface area contributed by atoms with Crippen LogP contribution in [0.3, 0.4) is 0 Å². The van der Waals surface area contributed by atoms with Crippen LogP contribution in [0.4, 0.5) is 34.1 Å². The minimum absolute atomic E-state index is 0.320. The molecule has 2 aliphatic carbocycles. The van der Waals surface area contributed by atoms with E-state index in [1.165, 1.54) is 151 Å². The minimum atomic E-state index is -0.320. The number of fused-ring (bicyclic) bond motifs is 8. The Bertz CT molecular complexity index is 4920. The van der Waals surface area contributed by atoms with Gasteiger partial charge in [0.1, 0.15) is 0 Å². The van der Waals surface area contributed by atoms with Gasteiger partial charge in [0.15, 0.2) is 0 Å².